The molecule has 3 nitrogen and oxygen atoms in total. The normalized spacial score (nSPS) is 10.7. The van der Waals surface area contributed by atoms with Gasteiger partial charge in [-0.2, -0.15) is 0 Å². The van der Waals surface area contributed by atoms with Crippen LogP contribution in [0.15, 0.2) is 48.5 Å². The van der Waals surface area contributed by atoms with Crippen LogP contribution in [0.25, 0.3) is 0 Å². The van der Waals surface area contributed by atoms with E-state index in [0.717, 1.165) is 30.4 Å². The topological polar surface area (TPSA) is 19.7 Å². The third-order valence-corrected chi connectivity index (χ3v) is 4.38. The zero-order valence-electron chi connectivity index (χ0n) is 15.1. The Bertz CT molecular complexity index is 668. The first-order chi connectivity index (χ1) is 11.5. The molecule has 0 heterocycles. The molecule has 0 spiro atoms. The van der Waals surface area contributed by atoms with E-state index in [4.69, 9.17) is 12.2 Å². The summed E-state index contributed by atoms with van der Waals surface area (Å²) in [6, 6.07) is 16.9. The fraction of sp³-hybridized carbons (Fsp3) is 0.350. The second-order valence-electron chi connectivity index (χ2n) is 6.61. The van der Waals surface area contributed by atoms with Crippen LogP contribution < -0.4 is 10.2 Å². The van der Waals surface area contributed by atoms with Gasteiger partial charge in [0.05, 0.1) is 27.2 Å². The number of anilines is 1. The van der Waals surface area contributed by atoms with E-state index in [1.165, 1.54) is 21.6 Å². The summed E-state index contributed by atoms with van der Waals surface area (Å²) >= 11 is 5.72. The van der Waals surface area contributed by atoms with Gasteiger partial charge in [-0.3, -0.25) is 0 Å². The molecule has 0 bridgehead atoms. The summed E-state index contributed by atoms with van der Waals surface area (Å²) in [5.41, 5.74) is 4.81. The molecule has 2 aromatic carbocycles. The lowest BCUT2D eigenvalue weighted by atomic mass is 10.1. The lowest BCUT2D eigenvalue weighted by Gasteiger charge is -2.27. The number of rotatable bonds is 6. The zero-order chi connectivity index (χ0) is 17.5. The number of thiocarbonyl (C=S) groups is 1. The molecule has 0 aliphatic carbocycles. The average molecular weight is 343 g/mol. The van der Waals surface area contributed by atoms with E-state index >= 15 is 0 Å². The van der Waals surface area contributed by atoms with Gasteiger partial charge in [0, 0.05) is 12.2 Å². The number of nitrogens with one attached hydrogen (secondary N) is 2. The van der Waals surface area contributed by atoms with Crippen LogP contribution >= 0.6 is 12.2 Å². The molecule has 24 heavy (non-hydrogen) atoms. The molecule has 2 rings (SSSR count). The second-order valence-corrected chi connectivity index (χ2v) is 7.00. The van der Waals surface area contributed by atoms with Gasteiger partial charge in [-0.15, -0.1) is 0 Å². The highest BCUT2D eigenvalue weighted by Crippen LogP contribution is 2.17. The molecule has 0 saturated heterocycles. The Morgan fingerprint density at radius 2 is 1.79 bits per heavy atom. The lowest BCUT2D eigenvalue weighted by molar-refractivity contribution is -0.857. The first-order valence-corrected chi connectivity index (χ1v) is 8.82. The third-order valence-electron chi connectivity index (χ3n) is 4.02. The maximum atomic E-state index is 5.72. The van der Waals surface area contributed by atoms with Crippen molar-refractivity contribution in [3.8, 4) is 0 Å². The van der Waals surface area contributed by atoms with Crippen LogP contribution in [0.5, 0.6) is 0 Å². The van der Waals surface area contributed by atoms with Crippen molar-refractivity contribution in [2.45, 2.75) is 20.4 Å². The van der Waals surface area contributed by atoms with E-state index in [1.54, 1.807) is 0 Å². The zero-order valence-corrected chi connectivity index (χ0v) is 15.9. The van der Waals surface area contributed by atoms with Crippen molar-refractivity contribution in [3.63, 3.8) is 0 Å². The van der Waals surface area contributed by atoms with Crippen molar-refractivity contribution in [2.75, 3.05) is 32.5 Å². The van der Waals surface area contributed by atoms with E-state index in [9.17, 15) is 0 Å². The molecule has 0 fully saturated rings. The highest BCUT2D eigenvalue weighted by atomic mass is 32.1. The van der Waals surface area contributed by atoms with Gasteiger partial charge in [0.15, 0.2) is 5.11 Å². The minimum absolute atomic E-state index is 0.786. The first kappa shape index (κ1) is 18.4. The van der Waals surface area contributed by atoms with E-state index < -0.39 is 0 Å². The maximum absolute atomic E-state index is 5.72. The van der Waals surface area contributed by atoms with Gasteiger partial charge in [0.2, 0.25) is 0 Å². The quantitative estimate of drug-likeness (QED) is 0.788. The summed E-state index contributed by atoms with van der Waals surface area (Å²) in [6.07, 6.45) is 0. The van der Waals surface area contributed by atoms with Crippen molar-refractivity contribution in [1.29, 1.82) is 0 Å². The predicted octanol–water partition coefficient (Wildman–Crippen LogP) is 2.65. The number of aryl methyl sites for hydroxylation is 2. The molecule has 0 aliphatic rings. The van der Waals surface area contributed by atoms with Crippen LogP contribution in [0.1, 0.15) is 16.7 Å². The van der Waals surface area contributed by atoms with Gasteiger partial charge in [0.1, 0.15) is 0 Å². The van der Waals surface area contributed by atoms with Gasteiger partial charge < -0.3 is 15.1 Å². The van der Waals surface area contributed by atoms with Crippen molar-refractivity contribution >= 4 is 23.0 Å². The lowest BCUT2D eigenvalue weighted by Crippen LogP contribution is -3.06. The smallest absolute Gasteiger partial charge is 0.173 e. The third kappa shape index (κ3) is 5.62. The van der Waals surface area contributed by atoms with Crippen molar-refractivity contribution < 1.29 is 4.90 Å². The molecule has 0 atom stereocenters. The van der Waals surface area contributed by atoms with Gasteiger partial charge >= 0.3 is 0 Å². The Balaban J connectivity index is 2.12. The van der Waals surface area contributed by atoms with Gasteiger partial charge in [-0.25, -0.2) is 0 Å². The van der Waals surface area contributed by atoms with E-state index in [0.29, 0.717) is 0 Å². The summed E-state index contributed by atoms with van der Waals surface area (Å²) in [5.74, 6) is 0. The average Bonchev–Trinajstić information content (AvgIpc) is 2.55. The molecule has 4 heteroatoms. The molecule has 2 N–H and O–H groups in total. The largest absolute Gasteiger partial charge is 0.339 e. The number of benzene rings is 2. The van der Waals surface area contributed by atoms with Crippen LogP contribution in [0.3, 0.4) is 0 Å². The van der Waals surface area contributed by atoms with Crippen molar-refractivity contribution in [3.05, 3.63) is 65.2 Å². The SMILES string of the molecule is Cc1ccc(C)c(NC(=S)N(CC[NH+](C)C)Cc2ccccc2)c1. The fourth-order valence-electron chi connectivity index (χ4n) is 2.48. The van der Waals surface area contributed by atoms with Gasteiger partial charge in [0.25, 0.3) is 0 Å². The molecule has 0 unspecified atom stereocenters. The highest BCUT2D eigenvalue weighted by molar-refractivity contribution is 7.80. The van der Waals surface area contributed by atoms with Crippen LogP contribution in [0, 0.1) is 13.8 Å². The fourth-order valence-corrected chi connectivity index (χ4v) is 2.75. The molecular weight excluding hydrogens is 314 g/mol. The second kappa shape index (κ2) is 8.81. The molecular formula is C20H28N3S+. The molecule has 0 aliphatic heterocycles. The van der Waals surface area contributed by atoms with Crippen LogP contribution in [-0.2, 0) is 6.54 Å². The van der Waals surface area contributed by atoms with E-state index in [1.807, 2.05) is 6.07 Å². The monoisotopic (exact) mass is 342 g/mol. The first-order valence-electron chi connectivity index (χ1n) is 8.42. The van der Waals surface area contributed by atoms with Crippen LogP contribution in [0.4, 0.5) is 5.69 Å². The Kier molecular flexibility index (Phi) is 6.76. The predicted molar refractivity (Wildman–Crippen MR) is 107 cm³/mol. The molecule has 0 amide bonds. The minimum atomic E-state index is 0.786. The molecule has 0 aromatic heterocycles. The Morgan fingerprint density at radius 3 is 2.46 bits per heavy atom. The summed E-state index contributed by atoms with van der Waals surface area (Å²) < 4.78 is 0. The van der Waals surface area contributed by atoms with Crippen LogP contribution in [0.2, 0.25) is 0 Å². The van der Waals surface area contributed by atoms with Crippen molar-refractivity contribution in [1.82, 2.24) is 4.90 Å². The standard InChI is InChI=1S/C20H27N3S/c1-16-10-11-17(2)19(14-16)21-20(24)23(13-12-22(3)4)15-18-8-6-5-7-9-18/h5-11,14H,12-13,15H2,1-4H3,(H,21,24)/p+1. The summed E-state index contributed by atoms with van der Waals surface area (Å²) in [4.78, 5) is 3.67. The molecule has 0 radical (unpaired) electrons. The number of nitrogens with zero attached hydrogens (tertiary/aromatic N) is 1. The number of likely N-dealkylation sites (N-methyl/N-ethyl adjacent to an activating group) is 1. The highest BCUT2D eigenvalue weighted by Gasteiger charge is 2.13. The number of hydrogen-bond acceptors (Lipinski definition) is 1. The van der Waals surface area contributed by atoms with Gasteiger partial charge in [-0.05, 0) is 48.8 Å². The van der Waals surface area contributed by atoms with Crippen molar-refractivity contribution in [2.24, 2.45) is 0 Å². The Labute approximate surface area is 151 Å². The maximum Gasteiger partial charge on any atom is 0.173 e. The number of quaternary nitrogens is 1. The molecule has 2 aromatic rings. The summed E-state index contributed by atoms with van der Waals surface area (Å²) in [5, 5.41) is 4.23. The molecule has 0 saturated carbocycles. The van der Waals surface area contributed by atoms with Crippen LogP contribution in [-0.4, -0.2) is 37.2 Å². The Morgan fingerprint density at radius 1 is 1.08 bits per heavy atom. The van der Waals surface area contributed by atoms with E-state index in [2.05, 4.69) is 80.6 Å². The Hall–Kier alpha value is -1.91. The van der Waals surface area contributed by atoms with Gasteiger partial charge in [-0.1, -0.05) is 42.5 Å². The minimum Gasteiger partial charge on any atom is -0.339 e. The van der Waals surface area contributed by atoms with E-state index in [-0.39, 0.29) is 0 Å². The molecule has 128 valence electrons. The number of hydrogen-bond donors (Lipinski definition) is 2. The summed E-state index contributed by atoms with van der Waals surface area (Å²) in [6.45, 7) is 7.00. The summed E-state index contributed by atoms with van der Waals surface area (Å²) in [7, 11) is 4.34.